The van der Waals surface area contributed by atoms with Gasteiger partial charge in [-0.1, -0.05) is 6.92 Å². The maximum absolute atomic E-state index is 4.28. The van der Waals surface area contributed by atoms with Crippen molar-refractivity contribution in [3.63, 3.8) is 0 Å². The van der Waals surface area contributed by atoms with Gasteiger partial charge in [0.05, 0.1) is 11.6 Å². The molecule has 3 rings (SSSR count). The normalized spacial score (nSPS) is 10.8. The van der Waals surface area contributed by atoms with E-state index in [2.05, 4.69) is 37.3 Å². The van der Waals surface area contributed by atoms with Crippen LogP contribution < -0.4 is 5.32 Å². The Kier molecular flexibility index (Phi) is 3.01. The molecule has 0 aliphatic rings. The van der Waals surface area contributed by atoms with Gasteiger partial charge in [-0.05, 0) is 12.5 Å². The number of aromatic nitrogens is 6. The van der Waals surface area contributed by atoms with Gasteiger partial charge < -0.3 is 5.32 Å². The summed E-state index contributed by atoms with van der Waals surface area (Å²) < 4.78 is 1.61. The molecule has 0 bridgehead atoms. The van der Waals surface area contributed by atoms with Crippen LogP contribution in [0.1, 0.15) is 13.3 Å². The summed E-state index contributed by atoms with van der Waals surface area (Å²) in [6.45, 7) is 2.96. The lowest BCUT2D eigenvalue weighted by molar-refractivity contribution is 0.822. The molecule has 0 unspecified atom stereocenters. The molecule has 0 saturated heterocycles. The monoisotopic (exact) mass is 255 g/mol. The molecule has 0 saturated carbocycles. The van der Waals surface area contributed by atoms with Gasteiger partial charge in [0, 0.05) is 18.9 Å². The van der Waals surface area contributed by atoms with Gasteiger partial charge >= 0.3 is 0 Å². The van der Waals surface area contributed by atoms with Crippen molar-refractivity contribution in [2.24, 2.45) is 0 Å². The summed E-state index contributed by atoms with van der Waals surface area (Å²) in [7, 11) is 0. The van der Waals surface area contributed by atoms with Crippen LogP contribution in [0.15, 0.2) is 31.0 Å². The van der Waals surface area contributed by atoms with Crippen molar-refractivity contribution >= 4 is 16.9 Å². The smallest absolute Gasteiger partial charge is 0.252 e. The largest absolute Gasteiger partial charge is 0.369 e. The Morgan fingerprint density at radius 2 is 2.00 bits per heavy atom. The van der Waals surface area contributed by atoms with Gasteiger partial charge in [0.15, 0.2) is 5.65 Å². The van der Waals surface area contributed by atoms with Crippen LogP contribution >= 0.6 is 0 Å². The molecule has 96 valence electrons. The van der Waals surface area contributed by atoms with Crippen LogP contribution in [0, 0.1) is 0 Å². The zero-order chi connectivity index (χ0) is 13.1. The summed E-state index contributed by atoms with van der Waals surface area (Å²) in [6.07, 6.45) is 7.62. The quantitative estimate of drug-likeness (QED) is 0.759. The van der Waals surface area contributed by atoms with Crippen molar-refractivity contribution < 1.29 is 0 Å². The SMILES string of the molecule is CCCNc1ncnc2c1cnn2-c1ncccn1. The van der Waals surface area contributed by atoms with Crippen molar-refractivity contribution in [2.45, 2.75) is 13.3 Å². The fourth-order valence-electron chi connectivity index (χ4n) is 1.78. The second-order valence-corrected chi connectivity index (χ2v) is 3.99. The molecule has 7 nitrogen and oxygen atoms in total. The third-order valence-electron chi connectivity index (χ3n) is 2.65. The molecule has 0 fully saturated rings. The highest BCUT2D eigenvalue weighted by Gasteiger charge is 2.11. The van der Waals surface area contributed by atoms with E-state index in [9.17, 15) is 0 Å². The second kappa shape index (κ2) is 4.97. The summed E-state index contributed by atoms with van der Waals surface area (Å²) in [6, 6.07) is 1.76. The van der Waals surface area contributed by atoms with E-state index in [4.69, 9.17) is 0 Å². The minimum absolute atomic E-state index is 0.498. The molecule has 0 aliphatic heterocycles. The summed E-state index contributed by atoms with van der Waals surface area (Å²) in [5.41, 5.74) is 0.694. The van der Waals surface area contributed by atoms with E-state index in [0.717, 1.165) is 24.2 Å². The molecule has 0 amide bonds. The highest BCUT2D eigenvalue weighted by atomic mass is 15.4. The van der Waals surface area contributed by atoms with E-state index < -0.39 is 0 Å². The van der Waals surface area contributed by atoms with Gasteiger partial charge in [0.1, 0.15) is 12.1 Å². The molecule has 0 aromatic carbocycles. The molecular formula is C12H13N7. The van der Waals surface area contributed by atoms with E-state index >= 15 is 0 Å². The molecule has 1 N–H and O–H groups in total. The predicted molar refractivity (Wildman–Crippen MR) is 71.0 cm³/mol. The van der Waals surface area contributed by atoms with E-state index in [0.29, 0.717) is 11.6 Å². The van der Waals surface area contributed by atoms with Crippen LogP contribution in [0.5, 0.6) is 0 Å². The van der Waals surface area contributed by atoms with E-state index in [1.54, 1.807) is 29.3 Å². The van der Waals surface area contributed by atoms with Gasteiger partial charge in [-0.3, -0.25) is 0 Å². The zero-order valence-electron chi connectivity index (χ0n) is 10.5. The fraction of sp³-hybridized carbons (Fsp3) is 0.250. The number of nitrogens with zero attached hydrogens (tertiary/aromatic N) is 6. The van der Waals surface area contributed by atoms with Crippen molar-refractivity contribution in [3.8, 4) is 5.95 Å². The van der Waals surface area contributed by atoms with E-state index in [1.807, 2.05) is 0 Å². The Morgan fingerprint density at radius 1 is 1.16 bits per heavy atom. The Bertz CT molecular complexity index is 677. The lowest BCUT2D eigenvalue weighted by atomic mass is 10.4. The van der Waals surface area contributed by atoms with Crippen LogP contribution in [-0.4, -0.2) is 36.3 Å². The van der Waals surface area contributed by atoms with Crippen LogP contribution in [0.2, 0.25) is 0 Å². The summed E-state index contributed by atoms with van der Waals surface area (Å²) in [5, 5.41) is 8.40. The number of nitrogens with one attached hydrogen (secondary N) is 1. The zero-order valence-corrected chi connectivity index (χ0v) is 10.5. The average Bonchev–Trinajstić information content (AvgIpc) is 2.90. The fourth-order valence-corrected chi connectivity index (χ4v) is 1.78. The number of hydrogen-bond acceptors (Lipinski definition) is 6. The van der Waals surface area contributed by atoms with Gasteiger partial charge in [-0.2, -0.15) is 9.78 Å². The molecule has 3 heterocycles. The van der Waals surface area contributed by atoms with Crippen molar-refractivity contribution in [3.05, 3.63) is 31.0 Å². The Labute approximate surface area is 109 Å². The first-order valence-corrected chi connectivity index (χ1v) is 6.10. The second-order valence-electron chi connectivity index (χ2n) is 3.99. The maximum atomic E-state index is 4.28. The number of rotatable bonds is 4. The lowest BCUT2D eigenvalue weighted by Gasteiger charge is -2.04. The molecular weight excluding hydrogens is 242 g/mol. The van der Waals surface area contributed by atoms with Crippen molar-refractivity contribution in [1.29, 1.82) is 0 Å². The van der Waals surface area contributed by atoms with Gasteiger partial charge in [-0.25, -0.2) is 19.9 Å². The Hall–Kier alpha value is -2.57. The molecule has 0 spiro atoms. The van der Waals surface area contributed by atoms with Crippen LogP contribution in [-0.2, 0) is 0 Å². The lowest BCUT2D eigenvalue weighted by Crippen LogP contribution is -2.05. The molecule has 0 atom stereocenters. The topological polar surface area (TPSA) is 81.4 Å². The summed E-state index contributed by atoms with van der Waals surface area (Å²) in [4.78, 5) is 16.8. The highest BCUT2D eigenvalue weighted by molar-refractivity contribution is 5.86. The first-order chi connectivity index (χ1) is 9.40. The van der Waals surface area contributed by atoms with Gasteiger partial charge in [0.2, 0.25) is 0 Å². The first-order valence-electron chi connectivity index (χ1n) is 6.10. The summed E-state index contributed by atoms with van der Waals surface area (Å²) >= 11 is 0. The highest BCUT2D eigenvalue weighted by Crippen LogP contribution is 2.19. The Balaban J connectivity index is 2.09. The molecule has 7 heteroatoms. The molecule has 3 aromatic heterocycles. The summed E-state index contributed by atoms with van der Waals surface area (Å²) in [5.74, 6) is 1.28. The average molecular weight is 255 g/mol. The first kappa shape index (κ1) is 11.5. The van der Waals surface area contributed by atoms with Gasteiger partial charge in [-0.15, -0.1) is 0 Å². The third-order valence-corrected chi connectivity index (χ3v) is 2.65. The maximum Gasteiger partial charge on any atom is 0.252 e. The van der Waals surface area contributed by atoms with E-state index in [-0.39, 0.29) is 0 Å². The minimum atomic E-state index is 0.498. The minimum Gasteiger partial charge on any atom is -0.369 e. The predicted octanol–water partition coefficient (Wildman–Crippen LogP) is 1.43. The Morgan fingerprint density at radius 3 is 2.79 bits per heavy atom. The van der Waals surface area contributed by atoms with E-state index in [1.165, 1.54) is 6.33 Å². The van der Waals surface area contributed by atoms with Crippen molar-refractivity contribution in [1.82, 2.24) is 29.7 Å². The molecule has 0 radical (unpaired) electrons. The van der Waals surface area contributed by atoms with Crippen molar-refractivity contribution in [2.75, 3.05) is 11.9 Å². The van der Waals surface area contributed by atoms with Crippen LogP contribution in [0.3, 0.4) is 0 Å². The van der Waals surface area contributed by atoms with Gasteiger partial charge in [0.25, 0.3) is 5.95 Å². The van der Waals surface area contributed by atoms with Crippen LogP contribution in [0.25, 0.3) is 17.0 Å². The molecule has 19 heavy (non-hydrogen) atoms. The standard InChI is InChI=1S/C12H13N7/c1-2-4-13-10-9-7-18-19(11(9)17-8-16-10)12-14-5-3-6-15-12/h3,5-8H,2,4H2,1H3,(H,13,16,17). The molecule has 0 aliphatic carbocycles. The van der Waals surface area contributed by atoms with Crippen LogP contribution in [0.4, 0.5) is 5.82 Å². The number of hydrogen-bond donors (Lipinski definition) is 1. The third kappa shape index (κ3) is 2.10. The number of anilines is 1. The molecule has 3 aromatic rings. The number of fused-ring (bicyclic) bond motifs is 1.